The van der Waals surface area contributed by atoms with E-state index >= 15 is 0 Å². The molecule has 1 aromatic heterocycles. The lowest BCUT2D eigenvalue weighted by molar-refractivity contribution is -0.118. The third kappa shape index (κ3) is 4.45. The van der Waals surface area contributed by atoms with Crippen LogP contribution in [0.1, 0.15) is 36.0 Å². The number of carbonyl (C=O) groups is 1. The van der Waals surface area contributed by atoms with E-state index in [0.29, 0.717) is 16.1 Å². The Hall–Kier alpha value is -1.87. The molecule has 0 radical (unpaired) electrons. The third-order valence-corrected chi connectivity index (χ3v) is 4.83. The maximum atomic E-state index is 12.4. The molecule has 0 bridgehead atoms. The van der Waals surface area contributed by atoms with Gasteiger partial charge in [-0.2, -0.15) is 0 Å². The number of aromatic nitrogens is 2. The number of ketones is 1. The molecule has 1 heterocycles. The molecule has 0 N–H and O–H groups in total. The number of benzene rings is 1. The first-order valence-corrected chi connectivity index (χ1v) is 9.84. The Balaban J connectivity index is 2.75. The van der Waals surface area contributed by atoms with E-state index in [1.807, 2.05) is 0 Å². The number of hydrogen-bond acceptors (Lipinski definition) is 7. The molecule has 0 saturated heterocycles. The number of Topliss-reactive ketones (excluding diaryl/α,β-unsaturated/α-hetero) is 1. The Morgan fingerprint density at radius 2 is 1.73 bits per heavy atom. The molecular formula is C17H19ClN2O5S. The first-order chi connectivity index (χ1) is 12.2. The van der Waals surface area contributed by atoms with E-state index in [-0.39, 0.29) is 16.6 Å². The molecule has 0 aliphatic rings. The highest BCUT2D eigenvalue weighted by Crippen LogP contribution is 2.32. The third-order valence-electron chi connectivity index (χ3n) is 3.72. The normalized spacial score (nSPS) is 13.0. The van der Waals surface area contributed by atoms with Crippen molar-refractivity contribution in [3.05, 3.63) is 52.3 Å². The number of sulfone groups is 1. The number of halogens is 1. The molecule has 1 unspecified atom stereocenters. The van der Waals surface area contributed by atoms with Crippen LogP contribution in [0, 0.1) is 0 Å². The van der Waals surface area contributed by atoms with Crippen molar-refractivity contribution in [3.63, 3.8) is 0 Å². The summed E-state index contributed by atoms with van der Waals surface area (Å²) in [6.07, 6.45) is 1.45. The summed E-state index contributed by atoms with van der Waals surface area (Å²) in [6.45, 7) is 1.40. The van der Waals surface area contributed by atoms with Crippen LogP contribution in [0.25, 0.3) is 0 Å². The highest BCUT2D eigenvalue weighted by molar-refractivity contribution is 7.90. The zero-order valence-corrected chi connectivity index (χ0v) is 16.3. The Labute approximate surface area is 157 Å². The second-order valence-corrected chi connectivity index (χ2v) is 8.01. The van der Waals surface area contributed by atoms with E-state index in [1.54, 1.807) is 24.3 Å². The molecule has 0 spiro atoms. The monoisotopic (exact) mass is 398 g/mol. The average Bonchev–Trinajstić information content (AvgIpc) is 2.57. The molecule has 0 saturated carbocycles. The van der Waals surface area contributed by atoms with Gasteiger partial charge in [0.1, 0.15) is 5.78 Å². The largest absolute Gasteiger partial charge is 0.352 e. The van der Waals surface area contributed by atoms with Crippen molar-refractivity contribution in [2.24, 2.45) is 0 Å². The van der Waals surface area contributed by atoms with E-state index < -0.39 is 22.0 Å². The molecule has 0 amide bonds. The zero-order valence-electron chi connectivity index (χ0n) is 14.8. The maximum absolute atomic E-state index is 12.4. The lowest BCUT2D eigenvalue weighted by Gasteiger charge is -2.22. The minimum absolute atomic E-state index is 0.212. The average molecular weight is 399 g/mol. The van der Waals surface area contributed by atoms with Gasteiger partial charge in [-0.3, -0.25) is 4.79 Å². The molecule has 2 rings (SSSR count). The number of ether oxygens (including phenoxy) is 2. The lowest BCUT2D eigenvalue weighted by atomic mass is 9.89. The van der Waals surface area contributed by atoms with Gasteiger partial charge in [0.05, 0.1) is 11.6 Å². The van der Waals surface area contributed by atoms with Crippen LogP contribution in [0.5, 0.6) is 0 Å². The second-order valence-electron chi connectivity index (χ2n) is 5.66. The molecular weight excluding hydrogens is 380 g/mol. The summed E-state index contributed by atoms with van der Waals surface area (Å²) in [6, 6.07) is 6.68. The maximum Gasteiger partial charge on any atom is 0.247 e. The summed E-state index contributed by atoms with van der Waals surface area (Å²) >= 11 is 5.92. The lowest BCUT2D eigenvalue weighted by Crippen LogP contribution is -2.20. The fourth-order valence-corrected chi connectivity index (χ4v) is 3.20. The molecule has 2 aromatic rings. The SMILES string of the molecule is COC(OC)c1cnc(S(C)(=O)=O)nc1C(C(C)=O)c1ccc(Cl)cc1. The van der Waals surface area contributed by atoms with E-state index in [1.165, 1.54) is 27.3 Å². The smallest absolute Gasteiger partial charge is 0.247 e. The van der Waals surface area contributed by atoms with Crippen molar-refractivity contribution in [2.45, 2.75) is 24.3 Å². The predicted molar refractivity (Wildman–Crippen MR) is 95.9 cm³/mol. The molecule has 26 heavy (non-hydrogen) atoms. The molecule has 0 aliphatic heterocycles. The van der Waals surface area contributed by atoms with Crippen molar-refractivity contribution < 1.29 is 22.7 Å². The van der Waals surface area contributed by atoms with Gasteiger partial charge in [0.25, 0.3) is 0 Å². The summed E-state index contributed by atoms with van der Waals surface area (Å²) in [5, 5.41) is 0.143. The predicted octanol–water partition coefficient (Wildman–Crippen LogP) is 2.55. The first kappa shape index (κ1) is 20.4. The van der Waals surface area contributed by atoms with Gasteiger partial charge in [-0.15, -0.1) is 0 Å². The minimum atomic E-state index is -3.67. The van der Waals surface area contributed by atoms with Gasteiger partial charge < -0.3 is 9.47 Å². The van der Waals surface area contributed by atoms with Crippen LogP contribution in [0.3, 0.4) is 0 Å². The quantitative estimate of drug-likeness (QED) is 0.522. The van der Waals surface area contributed by atoms with Gasteiger partial charge in [-0.25, -0.2) is 18.4 Å². The van der Waals surface area contributed by atoms with E-state index in [0.717, 1.165) is 6.26 Å². The first-order valence-electron chi connectivity index (χ1n) is 7.57. The van der Waals surface area contributed by atoms with Crippen LogP contribution < -0.4 is 0 Å². The van der Waals surface area contributed by atoms with Gasteiger partial charge in [0.15, 0.2) is 6.29 Å². The summed E-state index contributed by atoms with van der Waals surface area (Å²) in [5.41, 5.74) is 1.20. The van der Waals surface area contributed by atoms with Crippen molar-refractivity contribution in [3.8, 4) is 0 Å². The van der Waals surface area contributed by atoms with Crippen LogP contribution in [0.15, 0.2) is 35.6 Å². The number of nitrogens with zero attached hydrogens (tertiary/aromatic N) is 2. The van der Waals surface area contributed by atoms with E-state index in [2.05, 4.69) is 9.97 Å². The van der Waals surface area contributed by atoms with Crippen LogP contribution in [-0.4, -0.2) is 44.6 Å². The zero-order chi connectivity index (χ0) is 19.5. The van der Waals surface area contributed by atoms with Crippen LogP contribution in [-0.2, 0) is 24.1 Å². The van der Waals surface area contributed by atoms with Crippen molar-refractivity contribution in [1.82, 2.24) is 9.97 Å². The van der Waals surface area contributed by atoms with E-state index in [9.17, 15) is 13.2 Å². The molecule has 140 valence electrons. The molecule has 0 aliphatic carbocycles. The fourth-order valence-electron chi connectivity index (χ4n) is 2.57. The summed E-state index contributed by atoms with van der Waals surface area (Å²) in [7, 11) is -0.817. The number of rotatable bonds is 7. The number of carbonyl (C=O) groups excluding carboxylic acids is 1. The number of methoxy groups -OCH3 is 2. The molecule has 7 nitrogen and oxygen atoms in total. The Morgan fingerprint density at radius 3 is 2.19 bits per heavy atom. The van der Waals surface area contributed by atoms with Gasteiger partial charge >= 0.3 is 0 Å². The van der Waals surface area contributed by atoms with Gasteiger partial charge in [0, 0.05) is 37.3 Å². The highest BCUT2D eigenvalue weighted by Gasteiger charge is 2.29. The van der Waals surface area contributed by atoms with Crippen LogP contribution in [0.4, 0.5) is 0 Å². The molecule has 0 fully saturated rings. The van der Waals surface area contributed by atoms with Crippen molar-refractivity contribution in [2.75, 3.05) is 20.5 Å². The standard InChI is InChI=1S/C17H19ClN2O5S/c1-10(21)14(11-5-7-12(18)8-6-11)15-13(16(24-2)25-3)9-19-17(20-15)26(4,22)23/h5-9,14,16H,1-4H3. The van der Waals surface area contributed by atoms with Gasteiger partial charge in [0.2, 0.25) is 15.0 Å². The summed E-state index contributed by atoms with van der Waals surface area (Å²) < 4.78 is 34.3. The summed E-state index contributed by atoms with van der Waals surface area (Å²) in [4.78, 5) is 20.5. The van der Waals surface area contributed by atoms with Gasteiger partial charge in [-0.05, 0) is 24.6 Å². The minimum Gasteiger partial charge on any atom is -0.352 e. The second kappa shape index (κ2) is 8.22. The van der Waals surface area contributed by atoms with Crippen molar-refractivity contribution in [1.29, 1.82) is 0 Å². The van der Waals surface area contributed by atoms with E-state index in [4.69, 9.17) is 21.1 Å². The van der Waals surface area contributed by atoms with Crippen LogP contribution in [0.2, 0.25) is 5.02 Å². The summed E-state index contributed by atoms with van der Waals surface area (Å²) in [5.74, 6) is -1.05. The van der Waals surface area contributed by atoms with Crippen LogP contribution >= 0.6 is 11.6 Å². The van der Waals surface area contributed by atoms with Crippen molar-refractivity contribution >= 4 is 27.2 Å². The molecule has 1 atom stereocenters. The molecule has 1 aromatic carbocycles. The Kier molecular flexibility index (Phi) is 6.46. The topological polar surface area (TPSA) is 95.5 Å². The Morgan fingerprint density at radius 1 is 1.15 bits per heavy atom. The van der Waals surface area contributed by atoms with Gasteiger partial charge in [-0.1, -0.05) is 23.7 Å². The fraction of sp³-hybridized carbons (Fsp3) is 0.353. The number of hydrogen-bond donors (Lipinski definition) is 0. The highest BCUT2D eigenvalue weighted by atomic mass is 35.5. The molecule has 9 heteroatoms. The Bertz CT molecular complexity index is 896.